The van der Waals surface area contributed by atoms with E-state index >= 15 is 0 Å². The summed E-state index contributed by atoms with van der Waals surface area (Å²) in [6.07, 6.45) is 2.40. The number of carboxylic acids is 1. The minimum atomic E-state index is -4.15. The molecule has 7 nitrogen and oxygen atoms in total. The zero-order valence-corrected chi connectivity index (χ0v) is 11.3. The van der Waals surface area contributed by atoms with Crippen molar-refractivity contribution in [3.8, 4) is 0 Å². The number of hydrogen-bond acceptors (Lipinski definition) is 5. The summed E-state index contributed by atoms with van der Waals surface area (Å²) in [7, 11) is -4.15. The van der Waals surface area contributed by atoms with Crippen molar-refractivity contribution in [3.05, 3.63) is 53.7 Å². The molecule has 2 N–H and O–H groups in total. The maximum absolute atomic E-state index is 13.4. The van der Waals surface area contributed by atoms with Gasteiger partial charge in [0, 0.05) is 12.4 Å². The fourth-order valence-electron chi connectivity index (χ4n) is 1.51. The first-order valence-corrected chi connectivity index (χ1v) is 7.17. The van der Waals surface area contributed by atoms with Crippen molar-refractivity contribution >= 4 is 16.0 Å². The van der Waals surface area contributed by atoms with Crippen molar-refractivity contribution in [2.24, 2.45) is 0 Å². The van der Waals surface area contributed by atoms with E-state index in [0.717, 1.165) is 12.3 Å². The molecule has 0 atom stereocenters. The van der Waals surface area contributed by atoms with Gasteiger partial charge in [0.05, 0.1) is 17.8 Å². The van der Waals surface area contributed by atoms with Crippen LogP contribution < -0.4 is 4.72 Å². The summed E-state index contributed by atoms with van der Waals surface area (Å²) in [6.45, 7) is -0.278. The van der Waals surface area contributed by atoms with E-state index in [1.807, 2.05) is 0 Å². The number of nitrogens with one attached hydrogen (secondary N) is 1. The van der Waals surface area contributed by atoms with E-state index in [2.05, 4.69) is 14.7 Å². The second-order valence-corrected chi connectivity index (χ2v) is 5.64. The van der Waals surface area contributed by atoms with Gasteiger partial charge in [0.1, 0.15) is 0 Å². The minimum Gasteiger partial charge on any atom is -0.478 e. The molecule has 0 aromatic carbocycles. The SMILES string of the molecule is O=C(O)c1ccnc(CNS(=O)(=O)c2ncccc2F)c1. The van der Waals surface area contributed by atoms with Crippen LogP contribution in [0.3, 0.4) is 0 Å². The summed E-state index contributed by atoms with van der Waals surface area (Å²) >= 11 is 0. The van der Waals surface area contributed by atoms with E-state index in [9.17, 15) is 17.6 Å². The number of carbonyl (C=O) groups is 1. The highest BCUT2D eigenvalue weighted by Crippen LogP contribution is 2.10. The Morgan fingerprint density at radius 2 is 2.05 bits per heavy atom. The van der Waals surface area contributed by atoms with Crippen LogP contribution in [0.25, 0.3) is 0 Å². The van der Waals surface area contributed by atoms with Crippen molar-refractivity contribution < 1.29 is 22.7 Å². The second-order valence-electron chi connectivity index (χ2n) is 3.96. The van der Waals surface area contributed by atoms with E-state index in [4.69, 9.17) is 5.11 Å². The van der Waals surface area contributed by atoms with Crippen molar-refractivity contribution in [2.75, 3.05) is 0 Å². The number of aromatic carboxylic acids is 1. The van der Waals surface area contributed by atoms with E-state index in [-0.39, 0.29) is 17.8 Å². The highest BCUT2D eigenvalue weighted by Gasteiger charge is 2.20. The van der Waals surface area contributed by atoms with Crippen LogP contribution in [0.15, 0.2) is 41.7 Å². The Balaban J connectivity index is 2.18. The largest absolute Gasteiger partial charge is 0.478 e. The van der Waals surface area contributed by atoms with Gasteiger partial charge in [-0.3, -0.25) is 4.98 Å². The number of pyridine rings is 2. The molecule has 9 heteroatoms. The van der Waals surface area contributed by atoms with E-state index in [1.165, 1.54) is 24.4 Å². The van der Waals surface area contributed by atoms with Gasteiger partial charge in [0.25, 0.3) is 10.0 Å². The Hall–Kier alpha value is -2.39. The van der Waals surface area contributed by atoms with Crippen molar-refractivity contribution in [3.63, 3.8) is 0 Å². The first-order chi connectivity index (χ1) is 9.90. The third-order valence-electron chi connectivity index (χ3n) is 2.49. The number of sulfonamides is 1. The molecule has 2 aromatic heterocycles. The van der Waals surface area contributed by atoms with Crippen molar-refractivity contribution in [2.45, 2.75) is 11.6 Å². The summed E-state index contributed by atoms with van der Waals surface area (Å²) in [5.41, 5.74) is 0.165. The predicted octanol–water partition coefficient (Wildman–Crippen LogP) is 0.792. The molecule has 0 saturated heterocycles. The van der Waals surface area contributed by atoms with Gasteiger partial charge in [-0.25, -0.2) is 27.3 Å². The molecule has 2 aromatic rings. The Bertz CT molecular complexity index is 780. The summed E-state index contributed by atoms with van der Waals surface area (Å²) in [4.78, 5) is 18.1. The minimum absolute atomic E-state index is 0.0248. The van der Waals surface area contributed by atoms with Gasteiger partial charge >= 0.3 is 5.97 Å². The molecule has 0 fully saturated rings. The lowest BCUT2D eigenvalue weighted by Crippen LogP contribution is -2.25. The molecular weight excluding hydrogens is 301 g/mol. The van der Waals surface area contributed by atoms with E-state index in [0.29, 0.717) is 0 Å². The standard InChI is InChI=1S/C12H10FN3O4S/c13-10-2-1-4-15-11(10)21(19,20)16-7-9-6-8(12(17)18)3-5-14-9/h1-6,16H,7H2,(H,17,18). The molecule has 0 aliphatic carbocycles. The Morgan fingerprint density at radius 3 is 2.71 bits per heavy atom. The fourth-order valence-corrected chi connectivity index (χ4v) is 2.51. The lowest BCUT2D eigenvalue weighted by atomic mass is 10.2. The molecule has 2 heterocycles. The Kier molecular flexibility index (Phi) is 4.24. The average Bonchev–Trinajstić information content (AvgIpc) is 2.46. The molecule has 0 radical (unpaired) electrons. The molecule has 110 valence electrons. The normalized spacial score (nSPS) is 11.3. The van der Waals surface area contributed by atoms with Crippen LogP contribution in [0, 0.1) is 5.82 Å². The topological polar surface area (TPSA) is 109 Å². The molecular formula is C12H10FN3O4S. The second kappa shape index (κ2) is 5.94. The van der Waals surface area contributed by atoms with Gasteiger partial charge in [-0.05, 0) is 24.3 Å². The first kappa shape index (κ1) is 15.0. The number of halogens is 1. The summed E-state index contributed by atoms with van der Waals surface area (Å²) in [5, 5.41) is 8.10. The van der Waals surface area contributed by atoms with Crippen LogP contribution in [-0.4, -0.2) is 29.5 Å². The van der Waals surface area contributed by atoms with Gasteiger partial charge in [-0.2, -0.15) is 0 Å². The predicted molar refractivity (Wildman–Crippen MR) is 69.4 cm³/mol. The highest BCUT2D eigenvalue weighted by molar-refractivity contribution is 7.89. The average molecular weight is 311 g/mol. The number of hydrogen-bond donors (Lipinski definition) is 2. The summed E-state index contributed by atoms with van der Waals surface area (Å²) in [5.74, 6) is -2.13. The van der Waals surface area contributed by atoms with Crippen LogP contribution in [0.4, 0.5) is 4.39 Å². The molecule has 0 saturated carbocycles. The van der Waals surface area contributed by atoms with Gasteiger partial charge in [-0.1, -0.05) is 0 Å². The quantitative estimate of drug-likeness (QED) is 0.845. The summed E-state index contributed by atoms with van der Waals surface area (Å²) < 4.78 is 39.3. The highest BCUT2D eigenvalue weighted by atomic mass is 32.2. The van der Waals surface area contributed by atoms with Crippen LogP contribution >= 0.6 is 0 Å². The number of aromatic nitrogens is 2. The first-order valence-electron chi connectivity index (χ1n) is 5.68. The Labute approximate surface area is 119 Å². The van der Waals surface area contributed by atoms with Crippen LogP contribution in [0.2, 0.25) is 0 Å². The molecule has 0 bridgehead atoms. The lowest BCUT2D eigenvalue weighted by Gasteiger charge is -2.06. The van der Waals surface area contributed by atoms with Crippen LogP contribution in [0.1, 0.15) is 16.1 Å². The van der Waals surface area contributed by atoms with Crippen LogP contribution in [-0.2, 0) is 16.6 Å². The Morgan fingerprint density at radius 1 is 1.29 bits per heavy atom. The molecule has 0 unspecified atom stereocenters. The zero-order chi connectivity index (χ0) is 15.5. The third kappa shape index (κ3) is 3.58. The lowest BCUT2D eigenvalue weighted by molar-refractivity contribution is 0.0696. The fraction of sp³-hybridized carbons (Fsp3) is 0.0833. The maximum atomic E-state index is 13.4. The molecule has 0 spiro atoms. The van der Waals surface area contributed by atoms with E-state index < -0.39 is 26.8 Å². The van der Waals surface area contributed by atoms with Crippen molar-refractivity contribution in [1.82, 2.24) is 14.7 Å². The van der Waals surface area contributed by atoms with E-state index in [1.54, 1.807) is 0 Å². The van der Waals surface area contributed by atoms with Gasteiger partial charge < -0.3 is 5.11 Å². The molecule has 21 heavy (non-hydrogen) atoms. The van der Waals surface area contributed by atoms with Gasteiger partial charge in [0.15, 0.2) is 5.82 Å². The third-order valence-corrected chi connectivity index (χ3v) is 3.82. The van der Waals surface area contributed by atoms with Gasteiger partial charge in [-0.15, -0.1) is 0 Å². The van der Waals surface area contributed by atoms with Gasteiger partial charge in [0.2, 0.25) is 5.03 Å². The zero-order valence-electron chi connectivity index (χ0n) is 10.5. The number of nitrogens with zero attached hydrogens (tertiary/aromatic N) is 2. The summed E-state index contributed by atoms with van der Waals surface area (Å²) in [6, 6.07) is 4.75. The molecule has 0 aliphatic heterocycles. The number of carboxylic acid groups (broad SMARTS) is 1. The maximum Gasteiger partial charge on any atom is 0.335 e. The monoisotopic (exact) mass is 311 g/mol. The molecule has 0 aliphatic rings. The smallest absolute Gasteiger partial charge is 0.335 e. The number of rotatable bonds is 5. The molecule has 0 amide bonds. The van der Waals surface area contributed by atoms with Crippen molar-refractivity contribution in [1.29, 1.82) is 0 Å². The van der Waals surface area contributed by atoms with Crippen LogP contribution in [0.5, 0.6) is 0 Å². The molecule has 2 rings (SSSR count).